The van der Waals surface area contributed by atoms with Crippen LogP contribution in [0.2, 0.25) is 0 Å². The van der Waals surface area contributed by atoms with Gasteiger partial charge in [0.1, 0.15) is 27.6 Å². The summed E-state index contributed by atoms with van der Waals surface area (Å²) in [7, 11) is 0. The van der Waals surface area contributed by atoms with Crippen molar-refractivity contribution in [3.8, 4) is 6.07 Å². The maximum Gasteiger partial charge on any atom is 0.303 e. The molecule has 1 amide bonds. The quantitative estimate of drug-likeness (QED) is 0.346. The fourth-order valence-corrected chi connectivity index (χ4v) is 6.25. The van der Waals surface area contributed by atoms with Gasteiger partial charge in [-0.05, 0) is 55.7 Å². The van der Waals surface area contributed by atoms with Crippen LogP contribution in [0.25, 0.3) is 6.08 Å². The second kappa shape index (κ2) is 12.7. The van der Waals surface area contributed by atoms with Gasteiger partial charge in [0.05, 0.1) is 4.91 Å². The number of halogens is 1. The molecule has 2 saturated heterocycles. The molecule has 3 heterocycles. The van der Waals surface area contributed by atoms with Crippen molar-refractivity contribution in [3.05, 3.63) is 62.0 Å². The molecule has 2 aliphatic rings. The maximum absolute atomic E-state index is 13.4. The summed E-state index contributed by atoms with van der Waals surface area (Å²) in [5.41, 5.74) is 1.69. The zero-order chi connectivity index (χ0) is 29.0. The van der Waals surface area contributed by atoms with Crippen molar-refractivity contribution < 1.29 is 19.1 Å². The second-order valence-corrected chi connectivity index (χ2v) is 11.3. The van der Waals surface area contributed by atoms with Crippen LogP contribution in [0, 0.1) is 24.1 Å². The molecule has 0 aliphatic carbocycles. The molecule has 210 valence electrons. The Hall–Kier alpha value is -3.69. The Morgan fingerprint density at radius 3 is 2.40 bits per heavy atom. The minimum Gasteiger partial charge on any atom is -0.481 e. The number of anilines is 2. The molecule has 12 heteroatoms. The molecule has 9 nitrogen and oxygen atoms in total. The van der Waals surface area contributed by atoms with Crippen molar-refractivity contribution in [3.63, 3.8) is 0 Å². The maximum atomic E-state index is 13.4. The lowest BCUT2D eigenvalue weighted by atomic mass is 10.0. The first-order valence-electron chi connectivity index (χ1n) is 13.1. The molecule has 0 atom stereocenters. The predicted octanol–water partition coefficient (Wildman–Crippen LogP) is 3.97. The van der Waals surface area contributed by atoms with Crippen molar-refractivity contribution in [2.45, 2.75) is 39.7 Å². The summed E-state index contributed by atoms with van der Waals surface area (Å²) >= 11 is 6.55. The fraction of sp³-hybridized carbons (Fsp3) is 0.393. The zero-order valence-electron chi connectivity index (χ0n) is 22.4. The number of aromatic nitrogens is 1. The van der Waals surface area contributed by atoms with Gasteiger partial charge in [-0.2, -0.15) is 5.26 Å². The van der Waals surface area contributed by atoms with Gasteiger partial charge in [0, 0.05) is 56.9 Å². The lowest BCUT2D eigenvalue weighted by molar-refractivity contribution is -0.137. The second-order valence-electron chi connectivity index (χ2n) is 9.59. The van der Waals surface area contributed by atoms with Crippen LogP contribution in [-0.4, -0.2) is 63.5 Å². The number of rotatable bonds is 9. The number of nitrogens with zero attached hydrogens (tertiary/aromatic N) is 5. The van der Waals surface area contributed by atoms with Crippen LogP contribution < -0.4 is 15.4 Å². The molecule has 40 heavy (non-hydrogen) atoms. The number of hydrogen-bond donors (Lipinski definition) is 1. The van der Waals surface area contributed by atoms with Crippen molar-refractivity contribution in [2.75, 3.05) is 42.5 Å². The van der Waals surface area contributed by atoms with Gasteiger partial charge < -0.3 is 14.9 Å². The third-order valence-corrected chi connectivity index (χ3v) is 8.36. The molecular formula is C28H30FN5O4S2. The van der Waals surface area contributed by atoms with Gasteiger partial charge in [-0.1, -0.05) is 30.9 Å². The molecule has 1 aromatic carbocycles. The first-order valence-corrected chi connectivity index (χ1v) is 14.3. The Kier molecular flexibility index (Phi) is 9.27. The third kappa shape index (κ3) is 6.05. The molecule has 0 radical (unpaired) electrons. The monoisotopic (exact) mass is 583 g/mol. The van der Waals surface area contributed by atoms with Gasteiger partial charge in [-0.25, -0.2) is 4.39 Å². The normalized spacial score (nSPS) is 16.6. The molecule has 2 aliphatic heterocycles. The zero-order valence-corrected chi connectivity index (χ0v) is 24.0. The van der Waals surface area contributed by atoms with Crippen LogP contribution in [0.1, 0.15) is 42.9 Å². The number of carbonyl (C=O) groups is 2. The molecule has 0 unspecified atom stereocenters. The molecule has 2 aromatic rings. The minimum absolute atomic E-state index is 0.0327. The van der Waals surface area contributed by atoms with E-state index in [0.717, 1.165) is 17.4 Å². The lowest BCUT2D eigenvalue weighted by Crippen LogP contribution is -2.48. The standard InChI is InChI=1S/C28H30FN5O4S2/c1-3-10-33-25(32-14-12-31(13-15-32)20-8-6-19(29)7-9-20)21(18(2)22(17-30)26(33)37)16-23-27(38)34(28(39)40-23)11-4-5-24(35)36/h6-9,16H,3-5,10-15H2,1-2H3,(H,35,36). The third-order valence-electron chi connectivity index (χ3n) is 6.99. The number of carboxylic acid groups (broad SMARTS) is 1. The Balaban J connectivity index is 1.72. The number of amides is 1. The molecule has 0 spiro atoms. The summed E-state index contributed by atoms with van der Waals surface area (Å²) in [6, 6.07) is 8.40. The van der Waals surface area contributed by atoms with Crippen LogP contribution in [0.3, 0.4) is 0 Å². The minimum atomic E-state index is -0.942. The summed E-state index contributed by atoms with van der Waals surface area (Å²) in [6.07, 6.45) is 2.58. The first-order chi connectivity index (χ1) is 19.2. The van der Waals surface area contributed by atoms with E-state index in [1.54, 1.807) is 29.7 Å². The van der Waals surface area contributed by atoms with Crippen molar-refractivity contribution >= 4 is 57.8 Å². The van der Waals surface area contributed by atoms with Gasteiger partial charge in [0.2, 0.25) is 0 Å². The van der Waals surface area contributed by atoms with Crippen molar-refractivity contribution in [2.24, 2.45) is 0 Å². The number of thiocarbonyl (C=S) groups is 1. The Bertz CT molecular complexity index is 1460. The topological polar surface area (TPSA) is 110 Å². The fourth-order valence-electron chi connectivity index (χ4n) is 4.96. The van der Waals surface area contributed by atoms with Gasteiger partial charge in [0.15, 0.2) is 0 Å². The number of thioether (sulfide) groups is 1. The van der Waals surface area contributed by atoms with Crippen LogP contribution >= 0.6 is 24.0 Å². The van der Waals surface area contributed by atoms with Crippen molar-refractivity contribution in [1.29, 1.82) is 5.26 Å². The first kappa shape index (κ1) is 29.3. The van der Waals surface area contributed by atoms with E-state index >= 15 is 0 Å². The molecule has 4 rings (SSSR count). The average molecular weight is 584 g/mol. The molecule has 1 aromatic heterocycles. The van der Waals surface area contributed by atoms with E-state index in [4.69, 9.17) is 17.3 Å². The number of nitriles is 1. The SMILES string of the molecule is CCCn1c(N2CCN(c3ccc(F)cc3)CC2)c(C=C2SC(=S)N(CCCC(=O)O)C2=O)c(C)c(C#N)c1=O. The van der Waals surface area contributed by atoms with E-state index in [0.29, 0.717) is 65.3 Å². The predicted molar refractivity (Wildman–Crippen MR) is 158 cm³/mol. The number of hydrogen-bond acceptors (Lipinski definition) is 8. The molecule has 2 fully saturated rings. The summed E-state index contributed by atoms with van der Waals surface area (Å²) in [5.74, 6) is -0.907. The van der Waals surface area contributed by atoms with E-state index in [1.165, 1.54) is 17.0 Å². The number of carbonyl (C=O) groups excluding carboxylic acids is 1. The highest BCUT2D eigenvalue weighted by Crippen LogP contribution is 2.36. The molecule has 0 saturated carbocycles. The number of benzene rings is 1. The van der Waals surface area contributed by atoms with E-state index < -0.39 is 5.97 Å². The van der Waals surface area contributed by atoms with Crippen LogP contribution in [-0.2, 0) is 16.1 Å². The van der Waals surface area contributed by atoms with Crippen LogP contribution in [0.4, 0.5) is 15.9 Å². The van der Waals surface area contributed by atoms with Crippen LogP contribution in [0.15, 0.2) is 34.0 Å². The summed E-state index contributed by atoms with van der Waals surface area (Å²) < 4.78 is 15.4. The van der Waals surface area contributed by atoms with Gasteiger partial charge in [-0.3, -0.25) is 23.9 Å². The Labute approximate surface area is 241 Å². The summed E-state index contributed by atoms with van der Waals surface area (Å²) in [4.78, 5) is 43.6. The average Bonchev–Trinajstić information content (AvgIpc) is 3.19. The lowest BCUT2D eigenvalue weighted by Gasteiger charge is -2.39. The van der Waals surface area contributed by atoms with E-state index in [1.807, 2.05) is 6.92 Å². The number of piperazine rings is 1. The Morgan fingerprint density at radius 1 is 1.15 bits per heavy atom. The van der Waals surface area contributed by atoms with Crippen molar-refractivity contribution in [1.82, 2.24) is 9.47 Å². The Morgan fingerprint density at radius 2 is 1.80 bits per heavy atom. The van der Waals surface area contributed by atoms with Crippen LogP contribution in [0.5, 0.6) is 0 Å². The molecular weight excluding hydrogens is 553 g/mol. The van der Waals surface area contributed by atoms with E-state index in [2.05, 4.69) is 15.9 Å². The molecule has 0 bridgehead atoms. The van der Waals surface area contributed by atoms with E-state index in [9.17, 15) is 24.0 Å². The van der Waals surface area contributed by atoms with Gasteiger partial charge in [-0.15, -0.1) is 0 Å². The highest BCUT2D eigenvalue weighted by Gasteiger charge is 2.33. The van der Waals surface area contributed by atoms with Gasteiger partial charge >= 0.3 is 5.97 Å². The summed E-state index contributed by atoms with van der Waals surface area (Å²) in [6.45, 7) is 6.69. The van der Waals surface area contributed by atoms with Gasteiger partial charge in [0.25, 0.3) is 11.5 Å². The number of aliphatic carboxylic acids is 1. The number of carboxylic acids is 1. The summed E-state index contributed by atoms with van der Waals surface area (Å²) in [5, 5.41) is 18.8. The van der Waals surface area contributed by atoms with E-state index in [-0.39, 0.29) is 42.2 Å². The molecule has 1 N–H and O–H groups in total. The highest BCUT2D eigenvalue weighted by atomic mass is 32.2. The highest BCUT2D eigenvalue weighted by molar-refractivity contribution is 8.26. The largest absolute Gasteiger partial charge is 0.481 e. The smallest absolute Gasteiger partial charge is 0.303 e. The number of pyridine rings is 1.